The Labute approximate surface area is 173 Å². The molecule has 2 aliphatic rings. The number of carbonyl (C=O) groups excluding carboxylic acids is 2. The third kappa shape index (κ3) is 3.56. The maximum atomic E-state index is 13.0. The van der Waals surface area contributed by atoms with E-state index in [1.807, 2.05) is 24.3 Å². The summed E-state index contributed by atoms with van der Waals surface area (Å²) in [5.74, 6) is -1.07. The summed E-state index contributed by atoms with van der Waals surface area (Å²) in [4.78, 5) is 40.0. The largest absolute Gasteiger partial charge is 0.496 e. The number of amides is 2. The molecule has 0 atom stereocenters. The number of fused-ring (bicyclic) bond motifs is 1. The van der Waals surface area contributed by atoms with E-state index in [1.165, 1.54) is 25.3 Å². The summed E-state index contributed by atoms with van der Waals surface area (Å²) in [6, 6.07) is 11.8. The topological polar surface area (TPSA) is 96.4 Å². The van der Waals surface area contributed by atoms with Crippen molar-refractivity contribution in [2.45, 2.75) is 25.5 Å². The molecular weight excluding hydrogens is 388 g/mol. The molecule has 1 fully saturated rings. The van der Waals surface area contributed by atoms with Gasteiger partial charge in [-0.2, -0.15) is 0 Å². The number of ether oxygens (including phenoxy) is 2. The number of aromatic carboxylic acids is 1. The number of nitrogens with zero attached hydrogens (tertiary/aromatic N) is 2. The third-order valence-electron chi connectivity index (χ3n) is 5.59. The normalized spacial score (nSPS) is 16.6. The van der Waals surface area contributed by atoms with Gasteiger partial charge in [-0.3, -0.25) is 9.69 Å². The van der Waals surface area contributed by atoms with Crippen LogP contribution in [-0.4, -0.2) is 54.2 Å². The summed E-state index contributed by atoms with van der Waals surface area (Å²) in [7, 11) is 1.41. The lowest BCUT2D eigenvalue weighted by Crippen LogP contribution is -2.50. The minimum atomic E-state index is -1.08. The summed E-state index contributed by atoms with van der Waals surface area (Å²) in [6.07, 6.45) is 0.875. The number of rotatable bonds is 4. The van der Waals surface area contributed by atoms with Crippen molar-refractivity contribution in [3.05, 3.63) is 59.2 Å². The van der Waals surface area contributed by atoms with Crippen LogP contribution in [0.1, 0.15) is 39.1 Å². The Hall–Kier alpha value is -3.55. The van der Waals surface area contributed by atoms with Crippen LogP contribution in [0.4, 0.5) is 10.5 Å². The first-order valence-corrected chi connectivity index (χ1v) is 9.74. The highest BCUT2D eigenvalue weighted by atomic mass is 16.6. The van der Waals surface area contributed by atoms with Crippen molar-refractivity contribution >= 4 is 23.7 Å². The van der Waals surface area contributed by atoms with E-state index in [-0.39, 0.29) is 36.0 Å². The van der Waals surface area contributed by atoms with Gasteiger partial charge in [-0.1, -0.05) is 18.2 Å². The number of anilines is 1. The molecule has 4 rings (SSSR count). The summed E-state index contributed by atoms with van der Waals surface area (Å²) in [6.45, 7) is 1.22. The molecule has 1 saturated heterocycles. The predicted octanol–water partition coefficient (Wildman–Crippen LogP) is 3.15. The lowest BCUT2D eigenvalue weighted by Gasteiger charge is -2.40. The highest BCUT2D eigenvalue weighted by Crippen LogP contribution is 2.32. The van der Waals surface area contributed by atoms with Crippen molar-refractivity contribution in [3.63, 3.8) is 0 Å². The van der Waals surface area contributed by atoms with Gasteiger partial charge in [0.1, 0.15) is 12.4 Å². The monoisotopic (exact) mass is 410 g/mol. The number of likely N-dealkylation sites (tertiary alicyclic amines) is 1. The summed E-state index contributed by atoms with van der Waals surface area (Å²) in [5.41, 5.74) is 2.22. The Balaban J connectivity index is 1.48. The second kappa shape index (κ2) is 8.06. The first-order valence-electron chi connectivity index (χ1n) is 9.74. The number of benzene rings is 2. The lowest BCUT2D eigenvalue weighted by molar-refractivity contribution is 0.0684. The number of para-hydroxylation sites is 1. The number of hydrogen-bond acceptors (Lipinski definition) is 5. The molecule has 0 aliphatic carbocycles. The van der Waals surface area contributed by atoms with E-state index in [9.17, 15) is 14.4 Å². The van der Waals surface area contributed by atoms with Gasteiger partial charge < -0.3 is 19.5 Å². The van der Waals surface area contributed by atoms with Crippen LogP contribution in [-0.2, 0) is 11.3 Å². The van der Waals surface area contributed by atoms with Crippen molar-refractivity contribution in [2.24, 2.45) is 0 Å². The third-order valence-corrected chi connectivity index (χ3v) is 5.59. The van der Waals surface area contributed by atoms with Crippen molar-refractivity contribution in [1.29, 1.82) is 0 Å². The van der Waals surface area contributed by atoms with E-state index in [4.69, 9.17) is 14.6 Å². The Bertz CT molecular complexity index is 997. The van der Waals surface area contributed by atoms with Crippen LogP contribution in [0, 0.1) is 0 Å². The van der Waals surface area contributed by atoms with E-state index in [0.717, 1.165) is 11.3 Å². The second-order valence-electron chi connectivity index (χ2n) is 7.30. The standard InChI is InChI=1S/C22H22N2O6/c1-29-19-12-14(21(26)27)6-7-17(19)20(25)23-10-8-16(9-11-23)24-18-5-3-2-4-15(18)13-30-22(24)28/h2-7,12,16H,8-11,13H2,1H3,(H,26,27). The molecule has 30 heavy (non-hydrogen) atoms. The van der Waals surface area contributed by atoms with Crippen LogP contribution < -0.4 is 9.64 Å². The van der Waals surface area contributed by atoms with Gasteiger partial charge in [-0.05, 0) is 37.1 Å². The van der Waals surface area contributed by atoms with E-state index < -0.39 is 5.97 Å². The zero-order valence-corrected chi connectivity index (χ0v) is 16.5. The minimum Gasteiger partial charge on any atom is -0.496 e. The summed E-state index contributed by atoms with van der Waals surface area (Å²) >= 11 is 0. The van der Waals surface area contributed by atoms with Gasteiger partial charge in [0.25, 0.3) is 5.91 Å². The average Bonchev–Trinajstić information content (AvgIpc) is 2.78. The molecule has 0 unspecified atom stereocenters. The lowest BCUT2D eigenvalue weighted by atomic mass is 9.99. The summed E-state index contributed by atoms with van der Waals surface area (Å²) in [5, 5.41) is 9.13. The maximum absolute atomic E-state index is 13.0. The van der Waals surface area contributed by atoms with E-state index in [0.29, 0.717) is 31.5 Å². The molecule has 0 saturated carbocycles. The average molecular weight is 410 g/mol. The zero-order chi connectivity index (χ0) is 21.3. The Morgan fingerprint density at radius 2 is 1.87 bits per heavy atom. The fourth-order valence-corrected chi connectivity index (χ4v) is 4.02. The fourth-order valence-electron chi connectivity index (χ4n) is 4.02. The maximum Gasteiger partial charge on any atom is 0.414 e. The molecule has 156 valence electrons. The molecule has 1 N–H and O–H groups in total. The van der Waals surface area contributed by atoms with Gasteiger partial charge in [0.05, 0.1) is 23.9 Å². The Morgan fingerprint density at radius 1 is 1.13 bits per heavy atom. The van der Waals surface area contributed by atoms with Crippen molar-refractivity contribution in [2.75, 3.05) is 25.1 Å². The van der Waals surface area contributed by atoms with Crippen LogP contribution in [0.2, 0.25) is 0 Å². The molecule has 8 heteroatoms. The molecule has 8 nitrogen and oxygen atoms in total. The Morgan fingerprint density at radius 3 is 2.57 bits per heavy atom. The van der Waals surface area contributed by atoms with E-state index in [2.05, 4.69) is 0 Å². The molecule has 0 aromatic heterocycles. The molecule has 2 aromatic carbocycles. The molecular formula is C22H22N2O6. The van der Waals surface area contributed by atoms with E-state index in [1.54, 1.807) is 9.80 Å². The molecule has 2 amide bonds. The van der Waals surface area contributed by atoms with E-state index >= 15 is 0 Å². The number of cyclic esters (lactones) is 1. The zero-order valence-electron chi connectivity index (χ0n) is 16.5. The molecule has 0 radical (unpaired) electrons. The highest BCUT2D eigenvalue weighted by molar-refractivity contribution is 5.99. The van der Waals surface area contributed by atoms with Crippen molar-refractivity contribution in [3.8, 4) is 5.75 Å². The second-order valence-corrected chi connectivity index (χ2v) is 7.30. The highest BCUT2D eigenvalue weighted by Gasteiger charge is 2.35. The molecule has 2 aromatic rings. The number of methoxy groups -OCH3 is 1. The van der Waals surface area contributed by atoms with Gasteiger partial charge >= 0.3 is 12.1 Å². The Kier molecular flexibility index (Phi) is 5.31. The quantitative estimate of drug-likeness (QED) is 0.832. The van der Waals surface area contributed by atoms with Crippen LogP contribution in [0.15, 0.2) is 42.5 Å². The first kappa shape index (κ1) is 19.8. The van der Waals surface area contributed by atoms with Gasteiger partial charge in [0, 0.05) is 24.7 Å². The van der Waals surface area contributed by atoms with Crippen LogP contribution >= 0.6 is 0 Å². The van der Waals surface area contributed by atoms with Gasteiger partial charge in [-0.15, -0.1) is 0 Å². The first-order chi connectivity index (χ1) is 14.5. The molecule has 0 bridgehead atoms. The number of carboxylic acid groups (broad SMARTS) is 1. The number of piperidine rings is 1. The number of carbonyl (C=O) groups is 3. The number of carboxylic acids is 1. The van der Waals surface area contributed by atoms with Gasteiger partial charge in [0.2, 0.25) is 0 Å². The van der Waals surface area contributed by atoms with Crippen molar-refractivity contribution in [1.82, 2.24) is 4.90 Å². The van der Waals surface area contributed by atoms with Crippen molar-refractivity contribution < 1.29 is 29.0 Å². The number of hydrogen-bond donors (Lipinski definition) is 1. The minimum absolute atomic E-state index is 0.0562. The smallest absolute Gasteiger partial charge is 0.414 e. The van der Waals surface area contributed by atoms with Crippen LogP contribution in [0.5, 0.6) is 5.75 Å². The van der Waals surface area contributed by atoms with Crippen LogP contribution in [0.25, 0.3) is 0 Å². The molecule has 0 spiro atoms. The summed E-state index contributed by atoms with van der Waals surface area (Å²) < 4.78 is 10.6. The van der Waals surface area contributed by atoms with Crippen LogP contribution in [0.3, 0.4) is 0 Å². The SMILES string of the molecule is COc1cc(C(=O)O)ccc1C(=O)N1CCC(N2C(=O)OCc3ccccc32)CC1. The molecule has 2 heterocycles. The molecule has 2 aliphatic heterocycles. The van der Waals surface area contributed by atoms with Gasteiger partial charge in [0.15, 0.2) is 0 Å². The van der Waals surface area contributed by atoms with Gasteiger partial charge in [-0.25, -0.2) is 9.59 Å². The fraction of sp³-hybridized carbons (Fsp3) is 0.318. The predicted molar refractivity (Wildman–Crippen MR) is 108 cm³/mol.